The number of aliphatic hydroxyl groups excluding tert-OH is 3. The highest BCUT2D eigenvalue weighted by Gasteiger charge is 2.46. The number of aliphatic hydroxyl groups is 3. The van der Waals surface area contributed by atoms with Gasteiger partial charge in [-0.1, -0.05) is 0 Å². The van der Waals surface area contributed by atoms with Crippen LogP contribution in [0.3, 0.4) is 0 Å². The summed E-state index contributed by atoms with van der Waals surface area (Å²) in [5.74, 6) is -4.70. The number of nitrogens with zero attached hydrogens (tertiary/aromatic N) is 2. The Bertz CT molecular complexity index is 962. The number of carbonyl (C=O) groups is 6. The maximum atomic E-state index is 13.0. The molecule has 8 atom stereocenters. The molecule has 1 unspecified atom stereocenters. The normalized spacial score (nSPS) is 27.1. The van der Waals surface area contributed by atoms with Crippen LogP contribution in [0.15, 0.2) is 0 Å². The molecule has 0 aliphatic carbocycles. The Hall–Kier alpha value is -3.22. The zero-order valence-electron chi connectivity index (χ0n) is 22.4. The first-order valence-corrected chi connectivity index (χ1v) is 12.6. The van der Waals surface area contributed by atoms with Crippen molar-refractivity contribution in [3.05, 3.63) is 0 Å². The summed E-state index contributed by atoms with van der Waals surface area (Å²) < 4.78 is 11.0. The first-order valence-electron chi connectivity index (χ1n) is 12.6. The fourth-order valence-corrected chi connectivity index (χ4v) is 4.37. The molecule has 2 rings (SSSR count). The number of primary amides is 1. The SMILES string of the molecule is CC(=O)N[C@@H]1[C@@H](OC(C)CN(C(=O)[C@H](C)N)[C@H](CCC(=O)ON2C(=O)CCC2=O)C(N)=O)[C@H](O)[C@@H](CO)O[C@@H]1O. The molecule has 226 valence electrons. The van der Waals surface area contributed by atoms with Gasteiger partial charge in [0.05, 0.1) is 25.2 Å². The number of nitrogens with one attached hydrogen (secondary N) is 1. The molecule has 17 nitrogen and oxygen atoms in total. The van der Waals surface area contributed by atoms with Crippen molar-refractivity contribution < 1.29 is 58.4 Å². The fraction of sp³-hybridized carbons (Fsp3) is 0.739. The third kappa shape index (κ3) is 8.39. The molecule has 0 saturated carbocycles. The minimum atomic E-state index is -1.65. The molecule has 0 radical (unpaired) electrons. The predicted octanol–water partition coefficient (Wildman–Crippen LogP) is -4.25. The van der Waals surface area contributed by atoms with Crippen LogP contribution >= 0.6 is 0 Å². The molecule has 2 saturated heterocycles. The van der Waals surface area contributed by atoms with Crippen LogP contribution in [0.5, 0.6) is 0 Å². The second kappa shape index (κ2) is 14.4. The number of nitrogens with two attached hydrogens (primary N) is 2. The van der Waals surface area contributed by atoms with Gasteiger partial charge in [0.1, 0.15) is 30.4 Å². The molecule has 40 heavy (non-hydrogen) atoms. The molecule has 0 aromatic heterocycles. The van der Waals surface area contributed by atoms with Gasteiger partial charge in [-0.15, -0.1) is 5.06 Å². The van der Waals surface area contributed by atoms with E-state index in [0.29, 0.717) is 5.06 Å². The quantitative estimate of drug-likeness (QED) is 0.114. The van der Waals surface area contributed by atoms with E-state index in [2.05, 4.69) is 5.32 Å². The number of hydrogen-bond acceptors (Lipinski definition) is 13. The third-order valence-electron chi connectivity index (χ3n) is 6.28. The first kappa shape index (κ1) is 33.0. The van der Waals surface area contributed by atoms with Crippen LogP contribution in [0.2, 0.25) is 0 Å². The van der Waals surface area contributed by atoms with Crippen molar-refractivity contribution in [1.82, 2.24) is 15.3 Å². The van der Waals surface area contributed by atoms with Gasteiger partial charge in [0, 0.05) is 26.3 Å². The van der Waals surface area contributed by atoms with Crippen molar-refractivity contribution in [1.29, 1.82) is 0 Å². The van der Waals surface area contributed by atoms with Crippen LogP contribution in [0.4, 0.5) is 0 Å². The number of rotatable bonds is 13. The van der Waals surface area contributed by atoms with E-state index in [1.54, 1.807) is 0 Å². The summed E-state index contributed by atoms with van der Waals surface area (Å²) in [7, 11) is 0. The Kier molecular flexibility index (Phi) is 11.9. The first-order chi connectivity index (χ1) is 18.7. The lowest BCUT2D eigenvalue weighted by atomic mass is 9.96. The summed E-state index contributed by atoms with van der Waals surface area (Å²) in [4.78, 5) is 78.4. The van der Waals surface area contributed by atoms with Crippen LogP contribution in [0.1, 0.15) is 46.5 Å². The third-order valence-corrected chi connectivity index (χ3v) is 6.28. The number of hydrogen-bond donors (Lipinski definition) is 6. The largest absolute Gasteiger partial charge is 0.394 e. The van der Waals surface area contributed by atoms with Crippen molar-refractivity contribution in [2.75, 3.05) is 13.2 Å². The molecule has 2 aliphatic rings. The van der Waals surface area contributed by atoms with Gasteiger partial charge in [0.2, 0.25) is 17.7 Å². The fourth-order valence-electron chi connectivity index (χ4n) is 4.37. The van der Waals surface area contributed by atoms with E-state index < -0.39 is 97.4 Å². The van der Waals surface area contributed by atoms with E-state index in [0.717, 1.165) is 4.90 Å². The molecular formula is C23H37N5O12. The van der Waals surface area contributed by atoms with Crippen LogP contribution in [0, 0.1) is 0 Å². The smallest absolute Gasteiger partial charge is 0.333 e. The molecule has 2 aliphatic heterocycles. The van der Waals surface area contributed by atoms with E-state index in [1.807, 2.05) is 0 Å². The van der Waals surface area contributed by atoms with Gasteiger partial charge in [0.15, 0.2) is 6.29 Å². The molecule has 0 spiro atoms. The Morgan fingerprint density at radius 2 is 1.77 bits per heavy atom. The Labute approximate surface area is 229 Å². The van der Waals surface area contributed by atoms with Crippen LogP contribution in [0.25, 0.3) is 0 Å². The Morgan fingerprint density at radius 1 is 1.18 bits per heavy atom. The van der Waals surface area contributed by atoms with Gasteiger partial charge in [-0.2, -0.15) is 0 Å². The molecule has 5 amide bonds. The summed E-state index contributed by atoms with van der Waals surface area (Å²) in [6, 6.07) is -3.76. The highest BCUT2D eigenvalue weighted by Crippen LogP contribution is 2.24. The van der Waals surface area contributed by atoms with Crippen molar-refractivity contribution in [3.8, 4) is 0 Å². The summed E-state index contributed by atoms with van der Waals surface area (Å²) >= 11 is 0. The van der Waals surface area contributed by atoms with Crippen LogP contribution in [-0.4, -0.2) is 123 Å². The van der Waals surface area contributed by atoms with Gasteiger partial charge in [0.25, 0.3) is 11.8 Å². The number of amides is 5. The second-order valence-corrected chi connectivity index (χ2v) is 9.66. The molecule has 2 fully saturated rings. The maximum Gasteiger partial charge on any atom is 0.333 e. The minimum absolute atomic E-state index is 0.106. The molecular weight excluding hydrogens is 538 g/mol. The van der Waals surface area contributed by atoms with Gasteiger partial charge >= 0.3 is 5.97 Å². The molecule has 17 heteroatoms. The molecule has 2 heterocycles. The number of carbonyl (C=O) groups excluding carboxylic acids is 6. The lowest BCUT2D eigenvalue weighted by molar-refractivity contribution is -0.268. The molecule has 0 bridgehead atoms. The van der Waals surface area contributed by atoms with Crippen molar-refractivity contribution in [2.45, 2.75) is 95.3 Å². The van der Waals surface area contributed by atoms with E-state index in [-0.39, 0.29) is 25.8 Å². The number of hydroxylamine groups is 2. The van der Waals surface area contributed by atoms with Gasteiger partial charge in [-0.3, -0.25) is 24.0 Å². The molecule has 0 aromatic carbocycles. The highest BCUT2D eigenvalue weighted by molar-refractivity contribution is 6.01. The van der Waals surface area contributed by atoms with E-state index >= 15 is 0 Å². The summed E-state index contributed by atoms with van der Waals surface area (Å²) in [5, 5.41) is 33.2. The van der Waals surface area contributed by atoms with Gasteiger partial charge < -0.3 is 51.3 Å². The predicted molar refractivity (Wildman–Crippen MR) is 131 cm³/mol. The van der Waals surface area contributed by atoms with E-state index in [1.165, 1.54) is 20.8 Å². The van der Waals surface area contributed by atoms with Gasteiger partial charge in [-0.25, -0.2) is 4.79 Å². The van der Waals surface area contributed by atoms with Crippen LogP contribution in [-0.2, 0) is 43.1 Å². The van der Waals surface area contributed by atoms with Crippen LogP contribution < -0.4 is 16.8 Å². The standard InChI is InChI=1S/C23H37N5O12/c1-10(38-20-18(26-12(3)30)23(37)39-14(9-29)19(20)34)8-27(22(36)11(2)24)13(21(25)35)4-7-17(33)40-28-15(31)5-6-16(28)32/h10-11,13-14,18-20,23,29,34,37H,4-9,24H2,1-3H3,(H2,25,35)(H,26,30)/t10?,11-,13+,14+,18+,19+,20+,23-/m0/s1. The zero-order chi connectivity index (χ0) is 30.3. The minimum Gasteiger partial charge on any atom is -0.394 e. The monoisotopic (exact) mass is 575 g/mol. The lowest BCUT2D eigenvalue weighted by Crippen LogP contribution is -2.65. The zero-order valence-corrected chi connectivity index (χ0v) is 22.4. The van der Waals surface area contributed by atoms with E-state index in [4.69, 9.17) is 25.8 Å². The number of imide groups is 1. The maximum absolute atomic E-state index is 13.0. The topological polar surface area (TPSA) is 261 Å². The van der Waals surface area contributed by atoms with Gasteiger partial charge in [-0.05, 0) is 20.3 Å². The second-order valence-electron chi connectivity index (χ2n) is 9.66. The average molecular weight is 576 g/mol. The summed E-state index contributed by atoms with van der Waals surface area (Å²) in [5.41, 5.74) is 11.3. The van der Waals surface area contributed by atoms with Crippen molar-refractivity contribution in [3.63, 3.8) is 0 Å². The molecule has 0 aromatic rings. The molecule has 8 N–H and O–H groups in total. The van der Waals surface area contributed by atoms with E-state index in [9.17, 15) is 44.1 Å². The lowest BCUT2D eigenvalue weighted by Gasteiger charge is -2.44. The van der Waals surface area contributed by atoms with Crippen molar-refractivity contribution >= 4 is 35.5 Å². The highest BCUT2D eigenvalue weighted by atomic mass is 16.7. The average Bonchev–Trinajstić information content (AvgIpc) is 3.18. The number of ether oxygens (including phenoxy) is 2. The summed E-state index contributed by atoms with van der Waals surface area (Å²) in [6.07, 6.45) is -7.79. The summed E-state index contributed by atoms with van der Waals surface area (Å²) in [6.45, 7) is 2.96. The Morgan fingerprint density at radius 3 is 2.27 bits per heavy atom. The Balaban J connectivity index is 2.19. The van der Waals surface area contributed by atoms with Crippen molar-refractivity contribution in [2.24, 2.45) is 11.5 Å².